The number of carbonyl (C=O) groups is 1. The fourth-order valence-electron chi connectivity index (χ4n) is 3.99. The van der Waals surface area contributed by atoms with Gasteiger partial charge in [0.25, 0.3) is 5.91 Å². The molecule has 1 N–H and O–H groups in total. The molecule has 33 heavy (non-hydrogen) atoms. The Bertz CT molecular complexity index is 1130. The normalized spacial score (nSPS) is 14.1. The first-order valence-electron chi connectivity index (χ1n) is 10.6. The second-order valence-electron chi connectivity index (χ2n) is 8.04. The molecule has 0 fully saturated rings. The number of nitrogens with zero attached hydrogens (tertiary/aromatic N) is 2. The van der Waals surface area contributed by atoms with Gasteiger partial charge in [0.05, 0.1) is 5.56 Å². The smallest absolute Gasteiger partial charge is 0.378 e. The number of halogens is 4. The van der Waals surface area contributed by atoms with Crippen LogP contribution in [0.2, 0.25) is 0 Å². The van der Waals surface area contributed by atoms with Crippen LogP contribution in [0.3, 0.4) is 0 Å². The first-order valence-corrected chi connectivity index (χ1v) is 10.6. The summed E-state index contributed by atoms with van der Waals surface area (Å²) in [7, 11) is 0. The number of alkyl halides is 3. The highest BCUT2D eigenvalue weighted by Gasteiger charge is 2.31. The Morgan fingerprint density at radius 2 is 1.76 bits per heavy atom. The highest BCUT2D eigenvalue weighted by atomic mass is 19.4. The number of aliphatic hydroxyl groups excluding tert-OH is 1. The van der Waals surface area contributed by atoms with E-state index in [1.165, 1.54) is 28.7 Å². The molecule has 0 spiro atoms. The summed E-state index contributed by atoms with van der Waals surface area (Å²) in [6.45, 7) is 0.105. The first kappa shape index (κ1) is 22.9. The summed E-state index contributed by atoms with van der Waals surface area (Å²) < 4.78 is 51.7. The molecule has 4 rings (SSSR count). The molecular formula is C25H22F4N2O2. The Kier molecular flexibility index (Phi) is 6.47. The lowest BCUT2D eigenvalue weighted by molar-refractivity contribution is -0.137. The molecule has 1 aliphatic rings. The standard InChI is InChI=1S/C25H22F4N2O2/c26-20-8-4-17(5-9-20)23(32)24(33)31(22-11-6-16-2-1-3-18(16)14-22)13-12-21-10-7-19(15-30-21)25(27,28)29/h4-11,14-15,23,32H,1-3,12-13H2. The maximum Gasteiger partial charge on any atom is 0.417 e. The summed E-state index contributed by atoms with van der Waals surface area (Å²) in [6, 6.07) is 12.9. The number of anilines is 1. The van der Waals surface area contributed by atoms with Gasteiger partial charge in [-0.1, -0.05) is 18.2 Å². The van der Waals surface area contributed by atoms with Crippen molar-refractivity contribution in [3.63, 3.8) is 0 Å². The average molecular weight is 458 g/mol. The quantitative estimate of drug-likeness (QED) is 0.527. The van der Waals surface area contributed by atoms with E-state index in [4.69, 9.17) is 0 Å². The van der Waals surface area contributed by atoms with Gasteiger partial charge in [-0.15, -0.1) is 0 Å². The Morgan fingerprint density at radius 1 is 1.03 bits per heavy atom. The maximum absolute atomic E-state index is 13.3. The Labute approximate surface area is 188 Å². The van der Waals surface area contributed by atoms with Gasteiger partial charge < -0.3 is 10.0 Å². The van der Waals surface area contributed by atoms with Crippen molar-refractivity contribution in [3.8, 4) is 0 Å². The van der Waals surface area contributed by atoms with Crippen LogP contribution in [-0.2, 0) is 30.2 Å². The fourth-order valence-corrected chi connectivity index (χ4v) is 3.99. The maximum atomic E-state index is 13.3. The van der Waals surface area contributed by atoms with Crippen molar-refractivity contribution in [1.82, 2.24) is 4.98 Å². The second-order valence-corrected chi connectivity index (χ2v) is 8.04. The minimum Gasteiger partial charge on any atom is -0.378 e. The number of pyridine rings is 1. The van der Waals surface area contributed by atoms with Crippen LogP contribution < -0.4 is 4.90 Å². The molecule has 1 aliphatic carbocycles. The Balaban J connectivity index is 1.58. The molecule has 1 aromatic heterocycles. The fraction of sp³-hybridized carbons (Fsp3) is 0.280. The van der Waals surface area contributed by atoms with Crippen molar-refractivity contribution in [3.05, 3.63) is 94.6 Å². The third-order valence-electron chi connectivity index (χ3n) is 5.82. The van der Waals surface area contributed by atoms with E-state index in [1.54, 1.807) is 6.07 Å². The molecule has 0 bridgehead atoms. The number of benzene rings is 2. The van der Waals surface area contributed by atoms with Gasteiger partial charge in [-0.3, -0.25) is 9.78 Å². The number of aliphatic hydroxyl groups is 1. The van der Waals surface area contributed by atoms with Gasteiger partial charge in [-0.25, -0.2) is 4.39 Å². The Morgan fingerprint density at radius 3 is 2.42 bits per heavy atom. The van der Waals surface area contributed by atoms with Gasteiger partial charge in [0, 0.05) is 30.5 Å². The number of aromatic nitrogens is 1. The monoisotopic (exact) mass is 458 g/mol. The number of carbonyl (C=O) groups excluding carboxylic acids is 1. The van der Waals surface area contributed by atoms with Crippen molar-refractivity contribution < 1.29 is 27.5 Å². The third-order valence-corrected chi connectivity index (χ3v) is 5.82. The summed E-state index contributed by atoms with van der Waals surface area (Å²) in [5.74, 6) is -1.09. The molecule has 0 saturated heterocycles. The number of fused-ring (bicyclic) bond motifs is 1. The molecule has 0 radical (unpaired) electrons. The van der Waals surface area contributed by atoms with E-state index in [0.717, 1.165) is 49.2 Å². The molecular weight excluding hydrogens is 436 g/mol. The summed E-state index contributed by atoms with van der Waals surface area (Å²) in [5.41, 5.74) is 2.74. The molecule has 1 amide bonds. The lowest BCUT2D eigenvalue weighted by Gasteiger charge is -2.26. The molecule has 1 heterocycles. The van der Waals surface area contributed by atoms with Gasteiger partial charge in [-0.05, 0) is 72.4 Å². The highest BCUT2D eigenvalue weighted by Crippen LogP contribution is 2.30. The van der Waals surface area contributed by atoms with E-state index < -0.39 is 29.6 Å². The summed E-state index contributed by atoms with van der Waals surface area (Å²) in [5, 5.41) is 10.7. The molecule has 3 aromatic rings. The number of aryl methyl sites for hydroxylation is 2. The van der Waals surface area contributed by atoms with Crippen molar-refractivity contribution in [2.45, 2.75) is 38.0 Å². The lowest BCUT2D eigenvalue weighted by atomic mass is 10.1. The highest BCUT2D eigenvalue weighted by molar-refractivity contribution is 5.97. The van der Waals surface area contributed by atoms with E-state index >= 15 is 0 Å². The molecule has 2 aromatic carbocycles. The van der Waals surface area contributed by atoms with Crippen molar-refractivity contribution in [2.24, 2.45) is 0 Å². The largest absolute Gasteiger partial charge is 0.417 e. The van der Waals surface area contributed by atoms with Crippen LogP contribution >= 0.6 is 0 Å². The minimum absolute atomic E-state index is 0.105. The van der Waals surface area contributed by atoms with E-state index in [9.17, 15) is 27.5 Å². The number of hydrogen-bond acceptors (Lipinski definition) is 3. The van der Waals surface area contributed by atoms with Crippen molar-refractivity contribution >= 4 is 11.6 Å². The van der Waals surface area contributed by atoms with E-state index in [-0.39, 0.29) is 18.5 Å². The van der Waals surface area contributed by atoms with E-state index in [0.29, 0.717) is 11.4 Å². The topological polar surface area (TPSA) is 53.4 Å². The molecule has 4 nitrogen and oxygen atoms in total. The summed E-state index contributed by atoms with van der Waals surface area (Å²) in [4.78, 5) is 18.5. The van der Waals surface area contributed by atoms with Crippen LogP contribution in [0.15, 0.2) is 60.8 Å². The Hall–Kier alpha value is -3.26. The number of hydrogen-bond donors (Lipinski definition) is 1. The number of amides is 1. The molecule has 0 aliphatic heterocycles. The summed E-state index contributed by atoms with van der Waals surface area (Å²) in [6.07, 6.45) is -2.14. The zero-order chi connectivity index (χ0) is 23.6. The van der Waals surface area contributed by atoms with E-state index in [2.05, 4.69) is 4.98 Å². The van der Waals surface area contributed by atoms with Crippen LogP contribution in [0.1, 0.15) is 40.5 Å². The van der Waals surface area contributed by atoms with Gasteiger partial charge in [0.1, 0.15) is 5.82 Å². The van der Waals surface area contributed by atoms with Crippen LogP contribution in [0.25, 0.3) is 0 Å². The SMILES string of the molecule is O=C(C(O)c1ccc(F)cc1)N(CCc1ccc(C(F)(F)F)cn1)c1ccc2c(c1)CCC2. The lowest BCUT2D eigenvalue weighted by Crippen LogP contribution is -2.37. The predicted octanol–water partition coefficient (Wildman–Crippen LogP) is 5.04. The van der Waals surface area contributed by atoms with Crippen LogP contribution in [0, 0.1) is 5.82 Å². The predicted molar refractivity (Wildman–Crippen MR) is 115 cm³/mol. The summed E-state index contributed by atoms with van der Waals surface area (Å²) >= 11 is 0. The molecule has 0 saturated carbocycles. The van der Waals surface area contributed by atoms with Gasteiger partial charge >= 0.3 is 6.18 Å². The van der Waals surface area contributed by atoms with Crippen LogP contribution in [0.4, 0.5) is 23.2 Å². The molecule has 1 unspecified atom stereocenters. The molecule has 1 atom stereocenters. The van der Waals surface area contributed by atoms with Gasteiger partial charge in [0.15, 0.2) is 6.10 Å². The zero-order valence-corrected chi connectivity index (χ0v) is 17.6. The van der Waals surface area contributed by atoms with Gasteiger partial charge in [-0.2, -0.15) is 13.2 Å². The van der Waals surface area contributed by atoms with Crippen molar-refractivity contribution in [1.29, 1.82) is 0 Å². The molecule has 8 heteroatoms. The van der Waals surface area contributed by atoms with Crippen LogP contribution in [-0.4, -0.2) is 22.5 Å². The third kappa shape index (κ3) is 5.22. The zero-order valence-electron chi connectivity index (χ0n) is 17.6. The average Bonchev–Trinajstić information content (AvgIpc) is 3.27. The van der Waals surface area contributed by atoms with Gasteiger partial charge in [0.2, 0.25) is 0 Å². The van der Waals surface area contributed by atoms with E-state index in [1.807, 2.05) is 12.1 Å². The number of rotatable bonds is 6. The second kappa shape index (κ2) is 9.31. The molecule has 172 valence electrons. The minimum atomic E-state index is -4.47. The first-order chi connectivity index (χ1) is 15.7. The van der Waals surface area contributed by atoms with Crippen molar-refractivity contribution in [2.75, 3.05) is 11.4 Å². The van der Waals surface area contributed by atoms with Crippen LogP contribution in [0.5, 0.6) is 0 Å².